The van der Waals surface area contributed by atoms with Crippen LogP contribution in [-0.4, -0.2) is 62.1 Å². The first-order valence-corrected chi connectivity index (χ1v) is 15.9. The molecule has 0 radical (unpaired) electrons. The number of hydrogen-bond acceptors (Lipinski definition) is 7. The summed E-state index contributed by atoms with van der Waals surface area (Å²) in [5, 5.41) is 10.2. The first-order chi connectivity index (χ1) is 18.9. The number of ether oxygens (including phenoxy) is 1. The molecule has 39 heavy (non-hydrogen) atoms. The molecule has 0 atom stereocenters. The minimum Gasteiger partial charge on any atom is -0.497 e. The Morgan fingerprint density at radius 3 is 2.13 bits per heavy atom. The van der Waals surface area contributed by atoms with Gasteiger partial charge in [-0.3, -0.25) is 0 Å². The van der Waals surface area contributed by atoms with E-state index in [0.717, 1.165) is 66.6 Å². The van der Waals surface area contributed by atoms with Gasteiger partial charge in [-0.1, -0.05) is 32.1 Å². The third-order valence-electron chi connectivity index (χ3n) is 6.82. The molecule has 0 saturated heterocycles. The average molecular weight is 574 g/mol. The van der Waals surface area contributed by atoms with Crippen LogP contribution >= 0.6 is 12.6 Å². The fourth-order valence-electron chi connectivity index (χ4n) is 4.68. The number of benzene rings is 2. The van der Waals surface area contributed by atoms with Gasteiger partial charge < -0.3 is 15.4 Å². The Labute approximate surface area is 239 Å². The van der Waals surface area contributed by atoms with Gasteiger partial charge in [0.2, 0.25) is 10.0 Å². The molecule has 3 aromatic rings. The van der Waals surface area contributed by atoms with Crippen molar-refractivity contribution in [3.05, 3.63) is 60.3 Å². The van der Waals surface area contributed by atoms with Crippen LogP contribution in [0.1, 0.15) is 50.6 Å². The monoisotopic (exact) mass is 573 g/mol. The Morgan fingerprint density at radius 2 is 1.54 bits per heavy atom. The van der Waals surface area contributed by atoms with Gasteiger partial charge in [0.15, 0.2) is 0 Å². The zero-order chi connectivity index (χ0) is 28.1. The van der Waals surface area contributed by atoms with Crippen molar-refractivity contribution in [2.24, 2.45) is 10.9 Å². The molecule has 0 aliphatic heterocycles. The van der Waals surface area contributed by atoms with Crippen molar-refractivity contribution >= 4 is 22.7 Å². The largest absolute Gasteiger partial charge is 0.497 e. The van der Waals surface area contributed by atoms with Gasteiger partial charge in [-0.2, -0.15) is 17.7 Å². The molecule has 2 aromatic carbocycles. The number of primary sulfonamides is 1. The maximum atomic E-state index is 11.7. The molecular formula is C29H43N5O3S2. The highest BCUT2D eigenvalue weighted by atomic mass is 32.2. The van der Waals surface area contributed by atoms with Crippen molar-refractivity contribution in [2.75, 3.05) is 39.0 Å². The van der Waals surface area contributed by atoms with Crippen molar-refractivity contribution in [3.8, 4) is 22.7 Å². The Morgan fingerprint density at radius 1 is 0.897 bits per heavy atom. The van der Waals surface area contributed by atoms with E-state index in [9.17, 15) is 8.42 Å². The molecular weight excluding hydrogens is 530 g/mol. The first kappa shape index (κ1) is 31.2. The molecule has 3 rings (SSSR count). The predicted molar refractivity (Wildman–Crippen MR) is 162 cm³/mol. The molecule has 10 heteroatoms. The minimum atomic E-state index is -3.75. The van der Waals surface area contributed by atoms with Crippen molar-refractivity contribution in [3.63, 3.8) is 0 Å². The van der Waals surface area contributed by atoms with E-state index in [1.165, 1.54) is 50.7 Å². The number of methoxy groups -OCH3 is 1. The summed E-state index contributed by atoms with van der Waals surface area (Å²) < 4.78 is 30.6. The quantitative estimate of drug-likeness (QED) is 0.151. The molecule has 0 saturated carbocycles. The van der Waals surface area contributed by atoms with E-state index < -0.39 is 10.0 Å². The molecule has 0 aliphatic carbocycles. The number of unbranched alkanes of at least 4 members (excludes halogenated alkanes) is 6. The van der Waals surface area contributed by atoms with Crippen LogP contribution in [0.15, 0.2) is 59.5 Å². The van der Waals surface area contributed by atoms with Gasteiger partial charge in [0.25, 0.3) is 0 Å². The van der Waals surface area contributed by atoms with E-state index in [4.69, 9.17) is 20.7 Å². The molecule has 4 N–H and O–H groups in total. The molecule has 214 valence electrons. The summed E-state index contributed by atoms with van der Waals surface area (Å²) in [5.41, 5.74) is 9.44. The van der Waals surface area contributed by atoms with Gasteiger partial charge in [0, 0.05) is 31.0 Å². The number of aryl methyl sites for hydroxylation is 1. The lowest BCUT2D eigenvalue weighted by atomic mass is 10.1. The van der Waals surface area contributed by atoms with Crippen LogP contribution in [0.4, 0.5) is 0 Å². The van der Waals surface area contributed by atoms with E-state index in [1.54, 1.807) is 19.2 Å². The third kappa shape index (κ3) is 9.95. The highest BCUT2D eigenvalue weighted by molar-refractivity contribution is 7.89. The summed E-state index contributed by atoms with van der Waals surface area (Å²) in [4.78, 5) is 2.48. The molecule has 0 amide bonds. The minimum absolute atomic E-state index is 0.0789. The average Bonchev–Trinajstić information content (AvgIpc) is 3.36. The zero-order valence-corrected chi connectivity index (χ0v) is 24.7. The first-order valence-electron chi connectivity index (χ1n) is 13.8. The Hall–Kier alpha value is -2.37. The molecule has 0 fully saturated rings. The van der Waals surface area contributed by atoms with Crippen LogP contribution in [0.25, 0.3) is 16.9 Å². The highest BCUT2D eigenvalue weighted by Crippen LogP contribution is 2.27. The highest BCUT2D eigenvalue weighted by Gasteiger charge is 2.14. The lowest BCUT2D eigenvalue weighted by Gasteiger charge is -2.20. The summed E-state index contributed by atoms with van der Waals surface area (Å²) in [6.07, 6.45) is 9.37. The van der Waals surface area contributed by atoms with E-state index in [2.05, 4.69) is 23.6 Å². The van der Waals surface area contributed by atoms with Gasteiger partial charge in [-0.15, -0.1) is 0 Å². The third-order valence-corrected chi connectivity index (χ3v) is 7.95. The topological polar surface area (TPSA) is 116 Å². The second-order valence-corrected chi connectivity index (χ2v) is 11.8. The van der Waals surface area contributed by atoms with Crippen LogP contribution in [0.2, 0.25) is 0 Å². The summed E-state index contributed by atoms with van der Waals surface area (Å²) in [7, 11) is -2.11. The molecule has 1 aromatic heterocycles. The summed E-state index contributed by atoms with van der Waals surface area (Å²) >= 11 is 4.34. The van der Waals surface area contributed by atoms with Gasteiger partial charge in [-0.05, 0) is 80.4 Å². The van der Waals surface area contributed by atoms with Crippen molar-refractivity contribution in [1.82, 2.24) is 14.7 Å². The predicted octanol–water partition coefficient (Wildman–Crippen LogP) is 4.66. The fourth-order valence-corrected chi connectivity index (χ4v) is 5.48. The standard InChI is InChI=1S/C29H43N5O3S2/c1-37-27-14-10-24(11-15-27)29-23-25(32-34(29)26-12-16-28(17-13-26)39(31,35)36)9-7-5-3-2-4-6-8-19-33(20-18-30)21-22-38/h10-17,23,38H,2-9,18-22,30H2,1H3,(H2,31,35,36). The zero-order valence-electron chi connectivity index (χ0n) is 23.0. The number of sulfonamides is 1. The Bertz CT molecular complexity index is 1220. The van der Waals surface area contributed by atoms with E-state index in [-0.39, 0.29) is 4.90 Å². The number of thiol groups is 1. The van der Waals surface area contributed by atoms with Crippen LogP contribution < -0.4 is 15.6 Å². The smallest absolute Gasteiger partial charge is 0.238 e. The van der Waals surface area contributed by atoms with E-state index >= 15 is 0 Å². The second kappa shape index (κ2) is 16.0. The fraction of sp³-hybridized carbons (Fsp3) is 0.483. The van der Waals surface area contributed by atoms with Crippen molar-refractivity contribution in [1.29, 1.82) is 0 Å². The maximum Gasteiger partial charge on any atom is 0.238 e. The van der Waals surface area contributed by atoms with Crippen LogP contribution in [0.5, 0.6) is 5.75 Å². The molecule has 0 spiro atoms. The molecule has 0 bridgehead atoms. The summed E-state index contributed by atoms with van der Waals surface area (Å²) in [5.74, 6) is 1.66. The number of hydrogen-bond donors (Lipinski definition) is 3. The van der Waals surface area contributed by atoms with Crippen molar-refractivity contribution < 1.29 is 13.2 Å². The number of nitrogens with two attached hydrogens (primary N) is 2. The normalized spacial score (nSPS) is 11.8. The lowest BCUT2D eigenvalue weighted by molar-refractivity contribution is 0.290. The van der Waals surface area contributed by atoms with Gasteiger partial charge in [-0.25, -0.2) is 18.2 Å². The van der Waals surface area contributed by atoms with Crippen LogP contribution in [-0.2, 0) is 16.4 Å². The molecule has 0 aliphatic rings. The van der Waals surface area contributed by atoms with E-state index in [0.29, 0.717) is 6.54 Å². The van der Waals surface area contributed by atoms with Crippen molar-refractivity contribution in [2.45, 2.75) is 56.3 Å². The number of rotatable bonds is 18. The maximum absolute atomic E-state index is 11.7. The van der Waals surface area contributed by atoms with Gasteiger partial charge >= 0.3 is 0 Å². The van der Waals surface area contributed by atoms with Crippen LogP contribution in [0, 0.1) is 0 Å². The van der Waals surface area contributed by atoms with Gasteiger partial charge in [0.05, 0.1) is 29.1 Å². The number of aromatic nitrogens is 2. The molecule has 0 unspecified atom stereocenters. The Kier molecular flexibility index (Phi) is 12.8. The summed E-state index contributed by atoms with van der Waals surface area (Å²) in [6, 6.07) is 16.5. The lowest BCUT2D eigenvalue weighted by Crippen LogP contribution is -2.32. The molecule has 8 nitrogen and oxygen atoms in total. The van der Waals surface area contributed by atoms with Gasteiger partial charge in [0.1, 0.15) is 5.75 Å². The number of nitrogens with zero attached hydrogens (tertiary/aromatic N) is 3. The van der Waals surface area contributed by atoms with E-state index in [1.807, 2.05) is 28.9 Å². The summed E-state index contributed by atoms with van der Waals surface area (Å²) in [6.45, 7) is 3.79. The Balaban J connectivity index is 1.55. The second-order valence-electron chi connectivity index (χ2n) is 9.78. The van der Waals surface area contributed by atoms with Crippen LogP contribution in [0.3, 0.4) is 0 Å². The molecule has 1 heterocycles. The SMILES string of the molecule is COc1ccc(-c2cc(CCCCCCCCCN(CCN)CCS)nn2-c2ccc(S(N)(=O)=O)cc2)cc1.